The molecule has 0 aromatic heterocycles. The van der Waals surface area contributed by atoms with Crippen molar-refractivity contribution in [1.82, 2.24) is 0 Å². The average Bonchev–Trinajstić information content (AvgIpc) is 2.79. The molecule has 6 heteroatoms. The molecule has 2 unspecified atom stereocenters. The van der Waals surface area contributed by atoms with Crippen molar-refractivity contribution in [2.45, 2.75) is 31.8 Å². The van der Waals surface area contributed by atoms with E-state index < -0.39 is 11.9 Å². The predicted molar refractivity (Wildman–Crippen MR) is 80.0 cm³/mol. The third-order valence-electron chi connectivity index (χ3n) is 2.36. The molecule has 0 aromatic rings. The van der Waals surface area contributed by atoms with Gasteiger partial charge in [0, 0.05) is 0 Å². The van der Waals surface area contributed by atoms with Gasteiger partial charge in [-0.3, -0.25) is 0 Å². The first-order chi connectivity index (χ1) is 9.95. The Bertz CT molecular complexity index is 279. The van der Waals surface area contributed by atoms with Gasteiger partial charge in [-0.15, -0.1) is 13.2 Å². The van der Waals surface area contributed by atoms with E-state index in [4.69, 9.17) is 29.2 Å². The Morgan fingerprint density at radius 2 is 1.90 bits per heavy atom. The molecule has 1 rings (SSSR count). The van der Waals surface area contributed by atoms with Gasteiger partial charge in [0.15, 0.2) is 5.79 Å². The van der Waals surface area contributed by atoms with Crippen LogP contribution in [-0.4, -0.2) is 67.8 Å². The van der Waals surface area contributed by atoms with Gasteiger partial charge in [-0.1, -0.05) is 12.2 Å². The van der Waals surface area contributed by atoms with Crippen molar-refractivity contribution in [3.63, 3.8) is 0 Å². The molecule has 124 valence electrons. The van der Waals surface area contributed by atoms with Crippen molar-refractivity contribution in [3.8, 4) is 0 Å². The molecule has 1 heterocycles. The van der Waals surface area contributed by atoms with E-state index in [0.717, 1.165) is 0 Å². The van der Waals surface area contributed by atoms with Gasteiger partial charge in [0.05, 0.1) is 39.6 Å². The molecule has 2 N–H and O–H groups in total. The van der Waals surface area contributed by atoms with E-state index >= 15 is 0 Å². The lowest BCUT2D eigenvalue weighted by atomic mass is 10.4. The van der Waals surface area contributed by atoms with E-state index in [0.29, 0.717) is 26.4 Å². The Labute approximate surface area is 127 Å². The summed E-state index contributed by atoms with van der Waals surface area (Å²) in [5.74, 6) is -0.442. The van der Waals surface area contributed by atoms with Crippen molar-refractivity contribution >= 4 is 0 Å². The topological polar surface area (TPSA) is 77.4 Å². The Morgan fingerprint density at radius 3 is 2.38 bits per heavy atom. The molecular weight excluding hydrogens is 276 g/mol. The van der Waals surface area contributed by atoms with Gasteiger partial charge in [-0.2, -0.15) is 0 Å². The zero-order valence-corrected chi connectivity index (χ0v) is 13.0. The second-order valence-electron chi connectivity index (χ2n) is 4.94. The molecule has 1 fully saturated rings. The average molecular weight is 304 g/mol. The number of aliphatic hydroxyl groups is 2. The van der Waals surface area contributed by atoms with Crippen molar-refractivity contribution in [3.05, 3.63) is 25.3 Å². The summed E-state index contributed by atoms with van der Waals surface area (Å²) in [5, 5.41) is 17.0. The summed E-state index contributed by atoms with van der Waals surface area (Å²) in [6.45, 7) is 12.9. The van der Waals surface area contributed by atoms with Crippen LogP contribution in [0.25, 0.3) is 0 Å². The van der Waals surface area contributed by atoms with Crippen molar-refractivity contribution in [1.29, 1.82) is 0 Å². The minimum atomic E-state index is -0.759. The molecule has 0 saturated carbocycles. The molecular formula is C15H28O6. The maximum absolute atomic E-state index is 8.68. The molecule has 0 amide bonds. The second-order valence-corrected chi connectivity index (χ2v) is 4.94. The van der Waals surface area contributed by atoms with Gasteiger partial charge < -0.3 is 29.2 Å². The molecule has 0 aliphatic carbocycles. The Hall–Kier alpha value is -0.760. The number of hydrogen-bond acceptors (Lipinski definition) is 6. The van der Waals surface area contributed by atoms with Gasteiger partial charge in [-0.25, -0.2) is 0 Å². The fourth-order valence-electron chi connectivity index (χ4n) is 1.47. The van der Waals surface area contributed by atoms with Crippen LogP contribution in [0.4, 0.5) is 0 Å². The second kappa shape index (κ2) is 11.9. The zero-order chi connectivity index (χ0) is 16.1. The van der Waals surface area contributed by atoms with Crippen LogP contribution in [0.1, 0.15) is 13.8 Å². The standard InChI is InChI=1S/C9H16O3.C6H12O3/c1-4-5-10-6-8-7-11-9(2,3)12-8;1-2-3-9-5-6(8)4-7/h4,8H,1,5-7H2,2-3H3;2,6-8H,1,3-5H2. The van der Waals surface area contributed by atoms with Gasteiger partial charge in [0.2, 0.25) is 0 Å². The number of ether oxygens (including phenoxy) is 4. The monoisotopic (exact) mass is 304 g/mol. The van der Waals surface area contributed by atoms with Crippen molar-refractivity contribution in [2.24, 2.45) is 0 Å². The maximum Gasteiger partial charge on any atom is 0.163 e. The summed E-state index contributed by atoms with van der Waals surface area (Å²) in [4.78, 5) is 0. The summed E-state index contributed by atoms with van der Waals surface area (Å²) >= 11 is 0. The Balaban J connectivity index is 0.000000400. The first kappa shape index (κ1) is 20.2. The van der Waals surface area contributed by atoms with Crippen LogP contribution in [0.3, 0.4) is 0 Å². The first-order valence-electron chi connectivity index (χ1n) is 6.93. The first-order valence-corrected chi connectivity index (χ1v) is 6.93. The fourth-order valence-corrected chi connectivity index (χ4v) is 1.47. The van der Waals surface area contributed by atoms with E-state index in [2.05, 4.69) is 13.2 Å². The zero-order valence-electron chi connectivity index (χ0n) is 13.0. The maximum atomic E-state index is 8.68. The molecule has 1 aliphatic heterocycles. The molecule has 1 saturated heterocycles. The molecule has 0 aromatic carbocycles. The quantitative estimate of drug-likeness (QED) is 0.486. The highest BCUT2D eigenvalue weighted by atomic mass is 16.7. The lowest BCUT2D eigenvalue weighted by Crippen LogP contribution is -2.24. The van der Waals surface area contributed by atoms with E-state index in [1.165, 1.54) is 0 Å². The number of rotatable bonds is 9. The van der Waals surface area contributed by atoms with E-state index in [9.17, 15) is 0 Å². The van der Waals surface area contributed by atoms with Gasteiger partial charge in [0.25, 0.3) is 0 Å². The highest BCUT2D eigenvalue weighted by molar-refractivity contribution is 4.71. The van der Waals surface area contributed by atoms with Crippen LogP contribution in [0, 0.1) is 0 Å². The van der Waals surface area contributed by atoms with E-state index in [1.807, 2.05) is 13.8 Å². The van der Waals surface area contributed by atoms with E-state index in [1.54, 1.807) is 12.2 Å². The minimum absolute atomic E-state index is 0.0694. The SMILES string of the molecule is C=CCOCC(O)CO.C=CCOCC1COC(C)(C)O1. The molecule has 6 nitrogen and oxygen atoms in total. The lowest BCUT2D eigenvalue weighted by molar-refractivity contribution is -0.144. The van der Waals surface area contributed by atoms with Gasteiger partial charge in [0.1, 0.15) is 12.2 Å². The summed E-state index contributed by atoms with van der Waals surface area (Å²) in [6, 6.07) is 0. The third-order valence-corrected chi connectivity index (χ3v) is 2.36. The van der Waals surface area contributed by atoms with Crippen molar-refractivity contribution in [2.75, 3.05) is 39.6 Å². The Kier molecular flexibility index (Phi) is 11.4. The van der Waals surface area contributed by atoms with Crippen molar-refractivity contribution < 1.29 is 29.2 Å². The summed E-state index contributed by atoms with van der Waals surface area (Å²) in [7, 11) is 0. The van der Waals surface area contributed by atoms with Crippen LogP contribution in [0.15, 0.2) is 25.3 Å². The molecule has 2 atom stereocenters. The smallest absolute Gasteiger partial charge is 0.163 e. The molecule has 21 heavy (non-hydrogen) atoms. The molecule has 0 bridgehead atoms. The Morgan fingerprint density at radius 1 is 1.29 bits per heavy atom. The van der Waals surface area contributed by atoms with Crippen LogP contribution in [-0.2, 0) is 18.9 Å². The van der Waals surface area contributed by atoms with Crippen LogP contribution < -0.4 is 0 Å². The van der Waals surface area contributed by atoms with Crippen LogP contribution in [0.5, 0.6) is 0 Å². The fraction of sp³-hybridized carbons (Fsp3) is 0.733. The highest BCUT2D eigenvalue weighted by Crippen LogP contribution is 2.22. The van der Waals surface area contributed by atoms with Gasteiger partial charge in [-0.05, 0) is 13.8 Å². The van der Waals surface area contributed by atoms with Crippen LogP contribution >= 0.6 is 0 Å². The number of hydrogen-bond donors (Lipinski definition) is 2. The normalized spacial score (nSPS) is 21.2. The number of aliphatic hydroxyl groups excluding tert-OH is 2. The highest BCUT2D eigenvalue weighted by Gasteiger charge is 2.32. The van der Waals surface area contributed by atoms with Gasteiger partial charge >= 0.3 is 0 Å². The van der Waals surface area contributed by atoms with E-state index in [-0.39, 0.29) is 19.3 Å². The molecule has 0 spiro atoms. The summed E-state index contributed by atoms with van der Waals surface area (Å²) in [6.07, 6.45) is 2.62. The molecule has 0 radical (unpaired) electrons. The predicted octanol–water partition coefficient (Wildman–Crippen LogP) is 0.883. The largest absolute Gasteiger partial charge is 0.394 e. The third kappa shape index (κ3) is 11.6. The van der Waals surface area contributed by atoms with Crippen LogP contribution in [0.2, 0.25) is 0 Å². The molecule has 1 aliphatic rings. The minimum Gasteiger partial charge on any atom is -0.394 e. The summed E-state index contributed by atoms with van der Waals surface area (Å²) in [5.41, 5.74) is 0. The lowest BCUT2D eigenvalue weighted by Gasteiger charge is -2.16. The summed E-state index contributed by atoms with van der Waals surface area (Å²) < 4.78 is 20.9.